The molecule has 30 heavy (non-hydrogen) atoms. The van der Waals surface area contributed by atoms with Crippen LogP contribution in [-0.4, -0.2) is 43.0 Å². The summed E-state index contributed by atoms with van der Waals surface area (Å²) in [6.07, 6.45) is 4.06. The van der Waals surface area contributed by atoms with Crippen LogP contribution in [-0.2, 0) is 14.6 Å². The van der Waals surface area contributed by atoms with Crippen LogP contribution >= 0.6 is 0 Å². The molecule has 1 aliphatic carbocycles. The normalized spacial score (nSPS) is 18.3. The number of hydrogen-bond donors (Lipinski definition) is 1. The lowest BCUT2D eigenvalue weighted by atomic mass is 10.1. The van der Waals surface area contributed by atoms with Crippen LogP contribution in [0, 0.1) is 0 Å². The van der Waals surface area contributed by atoms with Crippen LogP contribution in [0.5, 0.6) is 0 Å². The molecule has 0 bridgehead atoms. The molecule has 2 fully saturated rings. The molecule has 0 radical (unpaired) electrons. The first-order chi connectivity index (χ1) is 14.4. The van der Waals surface area contributed by atoms with E-state index in [1.165, 1.54) is 0 Å². The van der Waals surface area contributed by atoms with Crippen LogP contribution in [0.1, 0.15) is 48.9 Å². The van der Waals surface area contributed by atoms with Crippen molar-refractivity contribution in [2.24, 2.45) is 0 Å². The third kappa shape index (κ3) is 3.62. The summed E-state index contributed by atoms with van der Waals surface area (Å²) >= 11 is 0. The van der Waals surface area contributed by atoms with Gasteiger partial charge in [0.1, 0.15) is 0 Å². The molecule has 1 saturated heterocycles. The van der Waals surface area contributed by atoms with Gasteiger partial charge in [-0.05, 0) is 62.1 Å². The molecule has 158 valence electrons. The van der Waals surface area contributed by atoms with Crippen molar-refractivity contribution >= 4 is 27.3 Å². The van der Waals surface area contributed by atoms with Gasteiger partial charge in [0.15, 0.2) is 14.6 Å². The summed E-state index contributed by atoms with van der Waals surface area (Å²) in [6, 6.07) is 14.9. The Morgan fingerprint density at radius 3 is 2.03 bits per heavy atom. The monoisotopic (exact) mass is 426 g/mol. The molecule has 2 aliphatic rings. The maximum absolute atomic E-state index is 13.4. The molecule has 1 heterocycles. The molecule has 0 unspecified atom stereocenters. The molecule has 2 amide bonds. The van der Waals surface area contributed by atoms with Crippen molar-refractivity contribution in [1.82, 2.24) is 4.90 Å². The van der Waals surface area contributed by atoms with E-state index in [1.807, 2.05) is 4.90 Å². The highest BCUT2D eigenvalue weighted by Crippen LogP contribution is 2.41. The largest absolute Gasteiger partial charge is 0.339 e. The maximum Gasteiger partial charge on any atom is 0.253 e. The Morgan fingerprint density at radius 1 is 0.833 bits per heavy atom. The fourth-order valence-corrected chi connectivity index (χ4v) is 6.52. The smallest absolute Gasteiger partial charge is 0.253 e. The number of likely N-dealkylation sites (tertiary alicyclic amines) is 1. The highest BCUT2D eigenvalue weighted by molar-refractivity contribution is 7.93. The summed E-state index contributed by atoms with van der Waals surface area (Å²) in [5, 5.41) is 2.79. The zero-order valence-corrected chi connectivity index (χ0v) is 17.7. The van der Waals surface area contributed by atoms with Gasteiger partial charge in [-0.2, -0.15) is 0 Å². The standard InChI is InChI=1S/C23H26N2O4S/c26-21(25-16-6-7-17-25)18-10-12-19(13-11-18)24-22(27)23(14-4-5-15-23)30(28,29)20-8-2-1-3-9-20/h1-3,8-13H,4-7,14-17H2,(H,24,27). The Labute approximate surface area is 177 Å². The fraction of sp³-hybridized carbons (Fsp3) is 0.391. The summed E-state index contributed by atoms with van der Waals surface area (Å²) in [5.41, 5.74) is 1.06. The Hall–Kier alpha value is -2.67. The van der Waals surface area contributed by atoms with Crippen molar-refractivity contribution in [1.29, 1.82) is 0 Å². The Morgan fingerprint density at radius 2 is 1.43 bits per heavy atom. The van der Waals surface area contributed by atoms with Gasteiger partial charge in [-0.1, -0.05) is 31.0 Å². The number of nitrogens with one attached hydrogen (secondary N) is 1. The minimum Gasteiger partial charge on any atom is -0.339 e. The van der Waals surface area contributed by atoms with E-state index in [0.29, 0.717) is 36.9 Å². The van der Waals surface area contributed by atoms with Crippen molar-refractivity contribution < 1.29 is 18.0 Å². The number of sulfone groups is 1. The van der Waals surface area contributed by atoms with Crippen LogP contribution in [0.25, 0.3) is 0 Å². The second-order valence-electron chi connectivity index (χ2n) is 8.05. The highest BCUT2D eigenvalue weighted by atomic mass is 32.2. The Kier molecular flexibility index (Phi) is 5.64. The molecule has 1 saturated carbocycles. The van der Waals surface area contributed by atoms with Crippen molar-refractivity contribution in [2.45, 2.75) is 48.2 Å². The van der Waals surface area contributed by atoms with Gasteiger partial charge >= 0.3 is 0 Å². The number of carbonyl (C=O) groups is 2. The van der Waals surface area contributed by atoms with Gasteiger partial charge in [0.25, 0.3) is 5.91 Å². The lowest BCUT2D eigenvalue weighted by Gasteiger charge is -2.27. The van der Waals surface area contributed by atoms with Gasteiger partial charge in [-0.25, -0.2) is 8.42 Å². The van der Waals surface area contributed by atoms with Crippen molar-refractivity contribution in [3.05, 3.63) is 60.2 Å². The third-order valence-corrected chi connectivity index (χ3v) is 8.69. The second-order valence-corrected chi connectivity index (χ2v) is 10.3. The van der Waals surface area contributed by atoms with E-state index < -0.39 is 20.5 Å². The molecular formula is C23H26N2O4S. The van der Waals surface area contributed by atoms with Crippen LogP contribution in [0.2, 0.25) is 0 Å². The van der Waals surface area contributed by atoms with E-state index in [0.717, 1.165) is 25.9 Å². The molecule has 6 nitrogen and oxygen atoms in total. The maximum atomic E-state index is 13.4. The van der Waals surface area contributed by atoms with Gasteiger partial charge < -0.3 is 10.2 Å². The van der Waals surface area contributed by atoms with Gasteiger partial charge in [0.05, 0.1) is 4.90 Å². The Bertz CT molecular complexity index is 1020. The van der Waals surface area contributed by atoms with E-state index >= 15 is 0 Å². The first-order valence-corrected chi connectivity index (χ1v) is 11.9. The molecule has 4 rings (SSSR count). The molecule has 0 aromatic heterocycles. The topological polar surface area (TPSA) is 83.5 Å². The number of rotatable bonds is 5. The minimum absolute atomic E-state index is 0.00991. The molecule has 2 aromatic carbocycles. The summed E-state index contributed by atoms with van der Waals surface area (Å²) in [5.74, 6) is -0.508. The van der Waals surface area contributed by atoms with Crippen molar-refractivity contribution in [3.8, 4) is 0 Å². The average Bonchev–Trinajstić information content (AvgIpc) is 3.47. The van der Waals surface area contributed by atoms with E-state index in [4.69, 9.17) is 0 Å². The predicted molar refractivity (Wildman–Crippen MR) is 115 cm³/mol. The number of anilines is 1. The van der Waals surface area contributed by atoms with Gasteiger partial charge in [-0.3, -0.25) is 9.59 Å². The molecule has 0 spiro atoms. The van der Waals surface area contributed by atoms with E-state index in [-0.39, 0.29) is 10.8 Å². The second kappa shape index (κ2) is 8.22. The van der Waals surface area contributed by atoms with Crippen LogP contribution in [0.4, 0.5) is 5.69 Å². The number of carbonyl (C=O) groups excluding carboxylic acids is 2. The molecule has 2 aromatic rings. The van der Waals surface area contributed by atoms with Gasteiger partial charge in [0, 0.05) is 24.3 Å². The fourth-order valence-electron chi connectivity index (χ4n) is 4.43. The SMILES string of the molecule is O=C(c1ccc(NC(=O)C2(S(=O)(=O)c3ccccc3)CCCC2)cc1)N1CCCC1. The van der Waals surface area contributed by atoms with E-state index in [1.54, 1.807) is 54.6 Å². The van der Waals surface area contributed by atoms with Gasteiger partial charge in [-0.15, -0.1) is 0 Å². The third-order valence-electron chi connectivity index (χ3n) is 6.18. The number of amides is 2. The molecule has 1 aliphatic heterocycles. The van der Waals surface area contributed by atoms with Crippen LogP contribution in [0.3, 0.4) is 0 Å². The average molecular weight is 427 g/mol. The van der Waals surface area contributed by atoms with Crippen molar-refractivity contribution in [2.75, 3.05) is 18.4 Å². The van der Waals surface area contributed by atoms with Crippen LogP contribution in [0.15, 0.2) is 59.5 Å². The first-order valence-electron chi connectivity index (χ1n) is 10.4. The number of benzene rings is 2. The summed E-state index contributed by atoms with van der Waals surface area (Å²) in [4.78, 5) is 27.7. The highest BCUT2D eigenvalue weighted by Gasteiger charge is 2.52. The first kappa shape index (κ1) is 20.6. The van der Waals surface area contributed by atoms with Crippen molar-refractivity contribution in [3.63, 3.8) is 0 Å². The van der Waals surface area contributed by atoms with E-state index in [2.05, 4.69) is 5.32 Å². The summed E-state index contributed by atoms with van der Waals surface area (Å²) in [7, 11) is -3.83. The van der Waals surface area contributed by atoms with Gasteiger partial charge in [0.2, 0.25) is 5.91 Å². The zero-order valence-electron chi connectivity index (χ0n) is 16.8. The summed E-state index contributed by atoms with van der Waals surface area (Å²) in [6.45, 7) is 1.55. The summed E-state index contributed by atoms with van der Waals surface area (Å²) < 4.78 is 25.3. The predicted octanol–water partition coefficient (Wildman–Crippen LogP) is 3.65. The lowest BCUT2D eigenvalue weighted by molar-refractivity contribution is -0.118. The quantitative estimate of drug-likeness (QED) is 0.791. The zero-order chi connectivity index (χ0) is 21.2. The van der Waals surface area contributed by atoms with E-state index in [9.17, 15) is 18.0 Å². The molecule has 1 N–H and O–H groups in total. The number of nitrogens with zero attached hydrogens (tertiary/aromatic N) is 1. The lowest BCUT2D eigenvalue weighted by Crippen LogP contribution is -2.47. The number of hydrogen-bond acceptors (Lipinski definition) is 4. The minimum atomic E-state index is -3.83. The molecule has 7 heteroatoms. The Balaban J connectivity index is 1.55. The molecular weight excluding hydrogens is 400 g/mol. The van der Waals surface area contributed by atoms with Crippen LogP contribution < -0.4 is 5.32 Å². The molecule has 0 atom stereocenters.